The average molecular weight is 300 g/mol. The monoisotopic (exact) mass is 300 g/mol. The first kappa shape index (κ1) is 14.7. The number of aryl methyl sites for hydroxylation is 1. The Balaban J connectivity index is 1.86. The molecule has 0 aromatic carbocycles. The molecular formula is C14H20O3S2. The quantitative estimate of drug-likeness (QED) is 0.727. The fourth-order valence-corrected chi connectivity index (χ4v) is 5.14. The maximum absolute atomic E-state index is 12.2. The van der Waals surface area contributed by atoms with E-state index in [1.165, 1.54) is 16.9 Å². The number of hydrogen-bond acceptors (Lipinski definition) is 4. The molecule has 0 amide bonds. The summed E-state index contributed by atoms with van der Waals surface area (Å²) in [6.45, 7) is 2.13. The second-order valence-electron chi connectivity index (χ2n) is 5.20. The summed E-state index contributed by atoms with van der Waals surface area (Å²) in [5.41, 5.74) is -0.0389. The molecule has 1 saturated carbocycles. The summed E-state index contributed by atoms with van der Waals surface area (Å²) in [6.07, 6.45) is 3.44. The van der Waals surface area contributed by atoms with E-state index in [1.54, 1.807) is 11.3 Å². The minimum atomic E-state index is -0.882. The average Bonchev–Trinajstić information content (AvgIpc) is 2.96. The maximum atomic E-state index is 12.2. The molecule has 0 spiro atoms. The number of methoxy groups -OCH3 is 1. The summed E-state index contributed by atoms with van der Waals surface area (Å²) in [5.74, 6) is 1.06. The molecule has 5 heteroatoms. The van der Waals surface area contributed by atoms with Crippen molar-refractivity contribution in [2.45, 2.75) is 38.4 Å². The van der Waals surface area contributed by atoms with Gasteiger partial charge in [0.25, 0.3) is 0 Å². The molecule has 1 aromatic heterocycles. The first-order valence-corrected chi connectivity index (χ1v) is 8.87. The van der Waals surface area contributed by atoms with Crippen LogP contribution in [0, 0.1) is 5.41 Å². The lowest BCUT2D eigenvalue weighted by Crippen LogP contribution is -2.18. The van der Waals surface area contributed by atoms with Gasteiger partial charge < -0.3 is 4.74 Å². The smallest absolute Gasteiger partial charge is 0.306 e. The molecule has 1 fully saturated rings. The molecule has 0 saturated heterocycles. The molecule has 2 rings (SSSR count). The van der Waals surface area contributed by atoms with Crippen LogP contribution in [-0.2, 0) is 32.5 Å². The van der Waals surface area contributed by atoms with Crippen molar-refractivity contribution in [1.29, 1.82) is 0 Å². The normalized spacial score (nSPS) is 18.0. The summed E-state index contributed by atoms with van der Waals surface area (Å²) in [7, 11) is 0.528. The predicted molar refractivity (Wildman–Crippen MR) is 78.7 cm³/mol. The van der Waals surface area contributed by atoms with Gasteiger partial charge in [0.1, 0.15) is 0 Å². The molecule has 106 valence electrons. The highest BCUT2D eigenvalue weighted by Gasteiger charge is 2.45. The second-order valence-corrected chi connectivity index (χ2v) is 7.91. The first-order valence-electron chi connectivity index (χ1n) is 6.56. The summed E-state index contributed by atoms with van der Waals surface area (Å²) < 4.78 is 16.9. The van der Waals surface area contributed by atoms with Crippen LogP contribution < -0.4 is 0 Å². The van der Waals surface area contributed by atoms with Crippen LogP contribution in [0.25, 0.3) is 0 Å². The number of carbonyl (C=O) groups excluding carboxylic acids is 1. The van der Waals surface area contributed by atoms with E-state index in [4.69, 9.17) is 4.74 Å². The minimum Gasteiger partial charge on any atom is -0.469 e. The van der Waals surface area contributed by atoms with Gasteiger partial charge in [0, 0.05) is 26.3 Å². The van der Waals surface area contributed by atoms with Crippen LogP contribution in [0.4, 0.5) is 0 Å². The molecule has 0 N–H and O–H groups in total. The highest BCUT2D eigenvalue weighted by atomic mass is 32.2. The number of ether oxygens (including phenoxy) is 1. The Hall–Kier alpha value is -0.680. The summed E-state index contributed by atoms with van der Waals surface area (Å²) in [4.78, 5) is 13.9. The van der Waals surface area contributed by atoms with Gasteiger partial charge in [-0.2, -0.15) is 0 Å². The zero-order valence-electron chi connectivity index (χ0n) is 11.4. The molecule has 1 aliphatic carbocycles. The van der Waals surface area contributed by atoms with E-state index in [-0.39, 0.29) is 11.4 Å². The lowest BCUT2D eigenvalue weighted by molar-refractivity contribution is -0.141. The zero-order chi connectivity index (χ0) is 13.9. The Labute approximate surface area is 120 Å². The molecule has 19 heavy (non-hydrogen) atoms. The van der Waals surface area contributed by atoms with Crippen LogP contribution in [0.2, 0.25) is 0 Å². The van der Waals surface area contributed by atoms with E-state index in [9.17, 15) is 9.00 Å². The Morgan fingerprint density at radius 3 is 2.63 bits per heavy atom. The predicted octanol–water partition coefficient (Wildman–Crippen LogP) is 2.90. The van der Waals surface area contributed by atoms with Gasteiger partial charge in [-0.3, -0.25) is 9.00 Å². The summed E-state index contributed by atoms with van der Waals surface area (Å²) in [5, 5.41) is 0. The number of hydrogen-bond donors (Lipinski definition) is 0. The van der Waals surface area contributed by atoms with Crippen LogP contribution in [-0.4, -0.2) is 23.0 Å². The summed E-state index contributed by atoms with van der Waals surface area (Å²) >= 11 is 1.74. The molecular weight excluding hydrogens is 280 g/mol. The third-order valence-corrected chi connectivity index (χ3v) is 6.52. The van der Waals surface area contributed by atoms with Crippen molar-refractivity contribution in [1.82, 2.24) is 0 Å². The van der Waals surface area contributed by atoms with E-state index in [1.807, 2.05) is 0 Å². The standard InChI is InChI=1S/C14H20O3S2/c1-3-11-4-5-12(18-11)9-19(16)10-14(6-7-14)8-13(15)17-2/h4-5H,3,6-10H2,1-2H3. The minimum absolute atomic E-state index is 0.0389. The Morgan fingerprint density at radius 2 is 2.11 bits per heavy atom. The summed E-state index contributed by atoms with van der Waals surface area (Å²) in [6, 6.07) is 4.18. The van der Waals surface area contributed by atoms with Crippen LogP contribution >= 0.6 is 11.3 Å². The van der Waals surface area contributed by atoms with E-state index in [0.29, 0.717) is 17.9 Å². The van der Waals surface area contributed by atoms with Crippen LogP contribution in [0.3, 0.4) is 0 Å². The van der Waals surface area contributed by atoms with Crippen molar-refractivity contribution in [3.05, 3.63) is 21.9 Å². The van der Waals surface area contributed by atoms with Gasteiger partial charge in [-0.05, 0) is 36.8 Å². The highest BCUT2D eigenvalue weighted by molar-refractivity contribution is 7.84. The Kier molecular flexibility index (Phi) is 4.79. The van der Waals surface area contributed by atoms with E-state index in [0.717, 1.165) is 19.3 Å². The van der Waals surface area contributed by atoms with Crippen molar-refractivity contribution in [2.24, 2.45) is 5.41 Å². The molecule has 0 aliphatic heterocycles. The largest absolute Gasteiger partial charge is 0.469 e. The van der Waals surface area contributed by atoms with Crippen molar-refractivity contribution < 1.29 is 13.7 Å². The van der Waals surface area contributed by atoms with E-state index in [2.05, 4.69) is 19.1 Å². The zero-order valence-corrected chi connectivity index (χ0v) is 13.1. The fraction of sp³-hybridized carbons (Fsp3) is 0.643. The maximum Gasteiger partial charge on any atom is 0.306 e. The van der Waals surface area contributed by atoms with Gasteiger partial charge in [-0.1, -0.05) is 6.92 Å². The lowest BCUT2D eigenvalue weighted by Gasteiger charge is -2.12. The van der Waals surface area contributed by atoms with E-state index >= 15 is 0 Å². The molecule has 1 aliphatic rings. The van der Waals surface area contributed by atoms with Crippen LogP contribution in [0.1, 0.15) is 35.9 Å². The lowest BCUT2D eigenvalue weighted by atomic mass is 10.1. The van der Waals surface area contributed by atoms with Crippen molar-refractivity contribution in [2.75, 3.05) is 12.9 Å². The molecule has 0 bridgehead atoms. The Bertz CT molecular complexity index is 475. The number of rotatable bonds is 7. The third kappa shape index (κ3) is 4.14. The van der Waals surface area contributed by atoms with Gasteiger partial charge in [-0.25, -0.2) is 0 Å². The first-order chi connectivity index (χ1) is 9.07. The SMILES string of the molecule is CCc1ccc(CS(=O)CC2(CC(=O)OC)CC2)s1. The van der Waals surface area contributed by atoms with Crippen LogP contribution in [0.15, 0.2) is 12.1 Å². The molecule has 0 radical (unpaired) electrons. The topological polar surface area (TPSA) is 43.4 Å². The van der Waals surface area contributed by atoms with Crippen molar-refractivity contribution in [3.63, 3.8) is 0 Å². The third-order valence-electron chi connectivity index (χ3n) is 3.54. The highest BCUT2D eigenvalue weighted by Crippen LogP contribution is 2.49. The molecule has 1 unspecified atom stereocenters. The molecule has 1 atom stereocenters. The fourth-order valence-electron chi connectivity index (χ4n) is 2.17. The molecule has 1 heterocycles. The van der Waals surface area contributed by atoms with Crippen molar-refractivity contribution in [3.8, 4) is 0 Å². The molecule has 1 aromatic rings. The second kappa shape index (κ2) is 6.18. The van der Waals surface area contributed by atoms with Gasteiger partial charge >= 0.3 is 5.97 Å². The van der Waals surface area contributed by atoms with Gasteiger partial charge in [0.05, 0.1) is 19.3 Å². The van der Waals surface area contributed by atoms with Crippen LogP contribution in [0.5, 0.6) is 0 Å². The Morgan fingerprint density at radius 1 is 1.42 bits per heavy atom. The van der Waals surface area contributed by atoms with Gasteiger partial charge in [-0.15, -0.1) is 11.3 Å². The number of carbonyl (C=O) groups is 1. The molecule has 3 nitrogen and oxygen atoms in total. The van der Waals surface area contributed by atoms with Crippen molar-refractivity contribution >= 4 is 28.1 Å². The van der Waals surface area contributed by atoms with Gasteiger partial charge in [0.2, 0.25) is 0 Å². The van der Waals surface area contributed by atoms with Gasteiger partial charge in [0.15, 0.2) is 0 Å². The number of thiophene rings is 1. The van der Waals surface area contributed by atoms with E-state index < -0.39 is 10.8 Å². The number of esters is 1.